The number of benzene rings is 1. The van der Waals surface area contributed by atoms with E-state index in [0.717, 1.165) is 0 Å². The van der Waals surface area contributed by atoms with E-state index in [-0.39, 0.29) is 5.56 Å². The van der Waals surface area contributed by atoms with Crippen LogP contribution in [-0.2, 0) is 0 Å². The van der Waals surface area contributed by atoms with Gasteiger partial charge in [-0.05, 0) is 18.2 Å². The molecule has 0 fully saturated rings. The Morgan fingerprint density at radius 3 is 2.63 bits per heavy atom. The van der Waals surface area contributed by atoms with Crippen LogP contribution in [0.1, 0.15) is 10.4 Å². The molecule has 7 heteroatoms. The second-order valence-corrected chi connectivity index (χ2v) is 4.37. The van der Waals surface area contributed by atoms with Crippen LogP contribution in [0.5, 0.6) is 0 Å². The third kappa shape index (κ3) is 4.06. The molecule has 0 aromatic heterocycles. The quantitative estimate of drug-likeness (QED) is 0.690. The first-order valence-electron chi connectivity index (χ1n) is 5.60. The number of alkyl halides is 2. The number of rotatable bonds is 5. The van der Waals surface area contributed by atoms with Gasteiger partial charge in [-0.1, -0.05) is 0 Å². The molecule has 0 heterocycles. The number of carbonyl (C=O) groups is 1. The number of aliphatic hydroxyl groups excluding tert-OH is 1. The van der Waals surface area contributed by atoms with E-state index >= 15 is 0 Å². The summed E-state index contributed by atoms with van der Waals surface area (Å²) in [7, 11) is 3.45. The van der Waals surface area contributed by atoms with Crippen LogP contribution in [0.15, 0.2) is 18.2 Å². The van der Waals surface area contributed by atoms with Crippen molar-refractivity contribution in [1.29, 1.82) is 0 Å². The normalized spacial score (nSPS) is 11.2. The number of nitrogens with zero attached hydrogens (tertiary/aromatic N) is 1. The molecule has 0 radical (unpaired) electrons. The standard InChI is InChI=1S/C12H17F2N3O2/c1-17(2)10-4-3-8(15)5-9(10)11(19)16-6-12(13,14)7-18/h3-5,18H,6-7,15H2,1-2H3,(H,16,19). The lowest BCUT2D eigenvalue weighted by molar-refractivity contribution is -0.0461. The lowest BCUT2D eigenvalue weighted by atomic mass is 10.1. The van der Waals surface area contributed by atoms with Gasteiger partial charge < -0.3 is 21.1 Å². The van der Waals surface area contributed by atoms with Crippen molar-refractivity contribution in [3.8, 4) is 0 Å². The molecule has 0 bridgehead atoms. The van der Waals surface area contributed by atoms with Gasteiger partial charge in [0.05, 0.1) is 12.1 Å². The fourth-order valence-corrected chi connectivity index (χ4v) is 1.49. The first-order chi connectivity index (χ1) is 8.76. The molecule has 0 atom stereocenters. The van der Waals surface area contributed by atoms with Gasteiger partial charge >= 0.3 is 0 Å². The summed E-state index contributed by atoms with van der Waals surface area (Å²) in [5.41, 5.74) is 6.73. The topological polar surface area (TPSA) is 78.6 Å². The molecule has 1 amide bonds. The number of hydrogen-bond donors (Lipinski definition) is 3. The van der Waals surface area contributed by atoms with E-state index in [9.17, 15) is 13.6 Å². The summed E-state index contributed by atoms with van der Waals surface area (Å²) in [5.74, 6) is -4.00. The van der Waals surface area contributed by atoms with Crippen molar-refractivity contribution in [2.75, 3.05) is 37.9 Å². The maximum Gasteiger partial charge on any atom is 0.287 e. The monoisotopic (exact) mass is 273 g/mol. The first kappa shape index (κ1) is 15.2. The van der Waals surface area contributed by atoms with Crippen molar-refractivity contribution >= 4 is 17.3 Å². The molecule has 4 N–H and O–H groups in total. The van der Waals surface area contributed by atoms with E-state index in [1.807, 2.05) is 0 Å². The molecule has 0 spiro atoms. The van der Waals surface area contributed by atoms with Gasteiger partial charge in [0.1, 0.15) is 6.61 Å². The predicted octanol–water partition coefficient (Wildman–Crippen LogP) is 0.692. The molecule has 0 unspecified atom stereocenters. The summed E-state index contributed by atoms with van der Waals surface area (Å²) in [6.45, 7) is -2.24. The lowest BCUT2D eigenvalue weighted by Crippen LogP contribution is -2.39. The van der Waals surface area contributed by atoms with Crippen molar-refractivity contribution in [1.82, 2.24) is 5.32 Å². The van der Waals surface area contributed by atoms with E-state index in [2.05, 4.69) is 5.32 Å². The highest BCUT2D eigenvalue weighted by atomic mass is 19.3. The number of aliphatic hydroxyl groups is 1. The summed E-state index contributed by atoms with van der Waals surface area (Å²) in [6, 6.07) is 4.67. The van der Waals surface area contributed by atoms with Crippen molar-refractivity contribution in [3.05, 3.63) is 23.8 Å². The van der Waals surface area contributed by atoms with Gasteiger partial charge in [0.2, 0.25) is 0 Å². The minimum Gasteiger partial charge on any atom is -0.399 e. The van der Waals surface area contributed by atoms with Crippen molar-refractivity contribution < 1.29 is 18.7 Å². The van der Waals surface area contributed by atoms with Crippen LogP contribution < -0.4 is 16.0 Å². The molecule has 5 nitrogen and oxygen atoms in total. The maximum absolute atomic E-state index is 12.9. The minimum absolute atomic E-state index is 0.207. The molecular weight excluding hydrogens is 256 g/mol. The first-order valence-corrected chi connectivity index (χ1v) is 5.60. The van der Waals surface area contributed by atoms with Gasteiger partial charge in [0.25, 0.3) is 11.8 Å². The van der Waals surface area contributed by atoms with E-state index in [0.29, 0.717) is 11.4 Å². The zero-order valence-electron chi connectivity index (χ0n) is 10.8. The van der Waals surface area contributed by atoms with Crippen LogP contribution in [0.2, 0.25) is 0 Å². The van der Waals surface area contributed by atoms with Crippen LogP contribution in [-0.4, -0.2) is 44.2 Å². The van der Waals surface area contributed by atoms with Gasteiger partial charge in [-0.15, -0.1) is 0 Å². The van der Waals surface area contributed by atoms with Crippen molar-refractivity contribution in [2.45, 2.75) is 5.92 Å². The molecule has 0 saturated heterocycles. The minimum atomic E-state index is -3.34. The molecule has 0 saturated carbocycles. The second kappa shape index (κ2) is 5.83. The maximum atomic E-state index is 12.9. The molecule has 0 aliphatic rings. The van der Waals surface area contributed by atoms with Crippen LogP contribution in [0.4, 0.5) is 20.2 Å². The molecule has 106 valence electrons. The van der Waals surface area contributed by atoms with E-state index in [1.54, 1.807) is 31.1 Å². The number of anilines is 2. The number of nitrogens with two attached hydrogens (primary N) is 1. The van der Waals surface area contributed by atoms with E-state index in [1.165, 1.54) is 6.07 Å². The Balaban J connectivity index is 2.90. The summed E-state index contributed by atoms with van der Waals surface area (Å²) >= 11 is 0. The highest BCUT2D eigenvalue weighted by Gasteiger charge is 2.28. The number of hydrogen-bond acceptors (Lipinski definition) is 4. The van der Waals surface area contributed by atoms with Crippen molar-refractivity contribution in [3.63, 3.8) is 0 Å². The predicted molar refractivity (Wildman–Crippen MR) is 69.5 cm³/mol. The number of nitrogen functional groups attached to an aromatic ring is 1. The smallest absolute Gasteiger partial charge is 0.287 e. The average molecular weight is 273 g/mol. The fourth-order valence-electron chi connectivity index (χ4n) is 1.49. The Morgan fingerprint density at radius 1 is 1.47 bits per heavy atom. The fraction of sp³-hybridized carbons (Fsp3) is 0.417. The van der Waals surface area contributed by atoms with Gasteiger partial charge in [-0.25, -0.2) is 8.78 Å². The SMILES string of the molecule is CN(C)c1ccc(N)cc1C(=O)NCC(F)(F)CO. The molecule has 1 aromatic rings. The largest absolute Gasteiger partial charge is 0.399 e. The Kier molecular flexibility index (Phi) is 4.66. The molecule has 1 aromatic carbocycles. The third-order valence-corrected chi connectivity index (χ3v) is 2.49. The molecule has 0 aliphatic carbocycles. The third-order valence-electron chi connectivity index (χ3n) is 2.49. The molecule has 19 heavy (non-hydrogen) atoms. The van der Waals surface area contributed by atoms with Gasteiger partial charge in [-0.3, -0.25) is 4.79 Å². The number of amides is 1. The van der Waals surface area contributed by atoms with Crippen LogP contribution in [0.25, 0.3) is 0 Å². The number of halogens is 2. The van der Waals surface area contributed by atoms with Crippen molar-refractivity contribution in [2.24, 2.45) is 0 Å². The lowest BCUT2D eigenvalue weighted by Gasteiger charge is -2.19. The van der Waals surface area contributed by atoms with Gasteiger partial charge in [0, 0.05) is 25.5 Å². The summed E-state index contributed by atoms with van der Waals surface area (Å²) in [5, 5.41) is 10.5. The summed E-state index contributed by atoms with van der Waals surface area (Å²) in [4.78, 5) is 13.6. The molecule has 0 aliphatic heterocycles. The zero-order valence-corrected chi connectivity index (χ0v) is 10.8. The van der Waals surface area contributed by atoms with Gasteiger partial charge in [0.15, 0.2) is 0 Å². The summed E-state index contributed by atoms with van der Waals surface area (Å²) < 4.78 is 25.7. The average Bonchev–Trinajstić information content (AvgIpc) is 2.35. The Labute approximate surface area is 110 Å². The van der Waals surface area contributed by atoms with E-state index in [4.69, 9.17) is 10.8 Å². The Hall–Kier alpha value is -1.89. The molecule has 1 rings (SSSR count). The number of nitrogens with one attached hydrogen (secondary N) is 1. The van der Waals surface area contributed by atoms with Crippen LogP contribution in [0, 0.1) is 0 Å². The highest BCUT2D eigenvalue weighted by Crippen LogP contribution is 2.21. The zero-order chi connectivity index (χ0) is 14.6. The molecular formula is C12H17F2N3O2. The van der Waals surface area contributed by atoms with Crippen LogP contribution >= 0.6 is 0 Å². The van der Waals surface area contributed by atoms with E-state index < -0.39 is 25.0 Å². The summed E-state index contributed by atoms with van der Waals surface area (Å²) in [6.07, 6.45) is 0. The second-order valence-electron chi connectivity index (χ2n) is 4.37. The van der Waals surface area contributed by atoms with Gasteiger partial charge in [-0.2, -0.15) is 0 Å². The Morgan fingerprint density at radius 2 is 2.11 bits per heavy atom. The Bertz CT molecular complexity index is 464. The number of carbonyl (C=O) groups excluding carboxylic acids is 1. The van der Waals surface area contributed by atoms with Crippen LogP contribution in [0.3, 0.4) is 0 Å². The highest BCUT2D eigenvalue weighted by molar-refractivity contribution is 6.00.